The number of amides is 3. The molecule has 0 saturated heterocycles. The number of rotatable bonds is 10. The zero-order valence-corrected chi connectivity index (χ0v) is 16.3. The maximum absolute atomic E-state index is 12.3. The molecule has 11 heteroatoms. The minimum Gasteiger partial charge on any atom is -0.480 e. The van der Waals surface area contributed by atoms with E-state index in [1.165, 1.54) is 6.92 Å². The van der Waals surface area contributed by atoms with Gasteiger partial charge in [0.25, 0.3) is 0 Å². The number of carbonyl (C=O) groups excluding carboxylic acids is 3. The molecule has 3 atom stereocenters. The Kier molecular flexibility index (Phi) is 7.90. The number of nitrogens with one attached hydrogen (secondary N) is 4. The molecule has 0 radical (unpaired) electrons. The number of hydrogen-bond donors (Lipinski definition) is 7. The third kappa shape index (κ3) is 6.03. The molecule has 3 unspecified atom stereocenters. The van der Waals surface area contributed by atoms with Gasteiger partial charge in [0, 0.05) is 23.5 Å². The van der Waals surface area contributed by atoms with Crippen LogP contribution < -0.4 is 21.7 Å². The summed E-state index contributed by atoms with van der Waals surface area (Å²) in [5.74, 6) is -3.28. The van der Waals surface area contributed by atoms with Crippen molar-refractivity contribution in [3.63, 3.8) is 0 Å². The molecule has 1 aromatic carbocycles. The molecule has 3 amide bonds. The molecule has 0 aliphatic rings. The Balaban J connectivity index is 1.92. The van der Waals surface area contributed by atoms with Crippen LogP contribution in [0.3, 0.4) is 0 Å². The number of fused-ring (bicyclic) bond motifs is 1. The molecule has 8 N–H and O–H groups in total. The number of aliphatic hydroxyl groups is 1. The van der Waals surface area contributed by atoms with E-state index in [4.69, 9.17) is 10.8 Å². The van der Waals surface area contributed by atoms with Crippen molar-refractivity contribution in [3.8, 4) is 0 Å². The number of H-pyrrole nitrogens is 1. The Hall–Kier alpha value is -3.44. The Bertz CT molecular complexity index is 927. The van der Waals surface area contributed by atoms with Crippen LogP contribution in [0.15, 0.2) is 30.5 Å². The van der Waals surface area contributed by atoms with Gasteiger partial charge in [0.2, 0.25) is 17.7 Å². The van der Waals surface area contributed by atoms with Crippen LogP contribution in [0, 0.1) is 0 Å². The number of hydrogen-bond acceptors (Lipinski definition) is 6. The van der Waals surface area contributed by atoms with E-state index < -0.39 is 55.0 Å². The number of aromatic amines is 1. The average molecular weight is 419 g/mol. The van der Waals surface area contributed by atoms with Gasteiger partial charge in [-0.1, -0.05) is 18.2 Å². The van der Waals surface area contributed by atoms with Gasteiger partial charge < -0.3 is 36.9 Å². The topological polar surface area (TPSA) is 187 Å². The largest absolute Gasteiger partial charge is 0.480 e. The van der Waals surface area contributed by atoms with E-state index in [0.717, 1.165) is 16.5 Å². The molecular weight excluding hydrogens is 394 g/mol. The van der Waals surface area contributed by atoms with Crippen molar-refractivity contribution in [1.29, 1.82) is 0 Å². The number of para-hydroxylation sites is 1. The monoisotopic (exact) mass is 419 g/mol. The van der Waals surface area contributed by atoms with Gasteiger partial charge in [0.15, 0.2) is 0 Å². The van der Waals surface area contributed by atoms with Crippen LogP contribution in [0.4, 0.5) is 0 Å². The van der Waals surface area contributed by atoms with E-state index in [1.807, 2.05) is 24.3 Å². The van der Waals surface area contributed by atoms with E-state index >= 15 is 0 Å². The second-order valence-electron chi connectivity index (χ2n) is 6.76. The molecule has 1 aromatic heterocycles. The lowest BCUT2D eigenvalue weighted by atomic mass is 10.0. The number of aliphatic hydroxyl groups excluding tert-OH is 1. The third-order valence-corrected chi connectivity index (χ3v) is 4.44. The predicted octanol–water partition coefficient (Wildman–Crippen LogP) is -1.78. The molecule has 2 rings (SSSR count). The molecule has 0 fully saturated rings. The van der Waals surface area contributed by atoms with E-state index in [1.54, 1.807) is 6.20 Å². The molecular formula is C19H25N5O6. The number of carboxylic acids is 1. The maximum atomic E-state index is 12.3. The van der Waals surface area contributed by atoms with E-state index in [-0.39, 0.29) is 6.42 Å². The Morgan fingerprint density at radius 2 is 1.83 bits per heavy atom. The van der Waals surface area contributed by atoms with Crippen molar-refractivity contribution in [2.24, 2.45) is 5.73 Å². The Labute approximate surface area is 172 Å². The number of benzene rings is 1. The zero-order chi connectivity index (χ0) is 22.3. The van der Waals surface area contributed by atoms with Crippen molar-refractivity contribution >= 4 is 34.6 Å². The number of nitrogens with two attached hydrogens (primary N) is 1. The SMILES string of the molecule is CC(NC(=O)CNC(=O)C(N)CO)C(=O)NC(Cc1c[nH]c2ccccc12)C(=O)O. The van der Waals surface area contributed by atoms with Crippen LogP contribution in [0.5, 0.6) is 0 Å². The van der Waals surface area contributed by atoms with Gasteiger partial charge in [0.1, 0.15) is 18.1 Å². The summed E-state index contributed by atoms with van der Waals surface area (Å²) in [7, 11) is 0. The number of aliphatic carboxylic acids is 1. The van der Waals surface area contributed by atoms with Gasteiger partial charge in [-0.05, 0) is 18.6 Å². The smallest absolute Gasteiger partial charge is 0.326 e. The number of carboxylic acid groups (broad SMARTS) is 1. The molecule has 2 aromatic rings. The van der Waals surface area contributed by atoms with Gasteiger partial charge in [-0.25, -0.2) is 4.79 Å². The number of carbonyl (C=O) groups is 4. The van der Waals surface area contributed by atoms with Gasteiger partial charge >= 0.3 is 5.97 Å². The highest BCUT2D eigenvalue weighted by Crippen LogP contribution is 2.19. The van der Waals surface area contributed by atoms with E-state index in [9.17, 15) is 24.3 Å². The molecule has 0 aliphatic carbocycles. The molecule has 1 heterocycles. The first-order valence-electron chi connectivity index (χ1n) is 9.24. The van der Waals surface area contributed by atoms with Crippen LogP contribution >= 0.6 is 0 Å². The summed E-state index contributed by atoms with van der Waals surface area (Å²) in [6, 6.07) is 4.00. The fraction of sp³-hybridized carbons (Fsp3) is 0.368. The van der Waals surface area contributed by atoms with Crippen molar-refractivity contribution in [3.05, 3.63) is 36.0 Å². The lowest BCUT2D eigenvalue weighted by Gasteiger charge is -2.19. The Morgan fingerprint density at radius 3 is 2.50 bits per heavy atom. The second kappa shape index (κ2) is 10.4. The van der Waals surface area contributed by atoms with Crippen LogP contribution in [-0.4, -0.2) is 70.2 Å². The van der Waals surface area contributed by atoms with Crippen molar-refractivity contribution in [2.45, 2.75) is 31.5 Å². The molecule has 162 valence electrons. The first-order chi connectivity index (χ1) is 14.2. The molecule has 0 bridgehead atoms. The molecule has 11 nitrogen and oxygen atoms in total. The maximum Gasteiger partial charge on any atom is 0.326 e. The summed E-state index contributed by atoms with van der Waals surface area (Å²) in [4.78, 5) is 50.3. The van der Waals surface area contributed by atoms with Gasteiger partial charge in [-0.3, -0.25) is 14.4 Å². The third-order valence-electron chi connectivity index (χ3n) is 4.44. The first-order valence-corrected chi connectivity index (χ1v) is 9.24. The van der Waals surface area contributed by atoms with Crippen LogP contribution in [0.25, 0.3) is 10.9 Å². The van der Waals surface area contributed by atoms with Crippen molar-refractivity contribution in [1.82, 2.24) is 20.9 Å². The van der Waals surface area contributed by atoms with Crippen LogP contribution in [0.1, 0.15) is 12.5 Å². The second-order valence-corrected chi connectivity index (χ2v) is 6.76. The van der Waals surface area contributed by atoms with E-state index in [0.29, 0.717) is 0 Å². The summed E-state index contributed by atoms with van der Waals surface area (Å²) < 4.78 is 0. The standard InChI is InChI=1S/C19H25N5O6/c1-10(23-16(26)8-22-18(28)13(20)9-25)17(27)24-15(19(29)30)6-11-7-21-14-5-3-2-4-12(11)14/h2-5,7,10,13,15,21,25H,6,8-9,20H2,1H3,(H,22,28)(H,23,26)(H,24,27)(H,29,30). The van der Waals surface area contributed by atoms with Gasteiger partial charge in [0.05, 0.1) is 13.2 Å². The minimum absolute atomic E-state index is 0.0564. The molecule has 0 aliphatic heterocycles. The number of aromatic nitrogens is 1. The molecule has 0 saturated carbocycles. The predicted molar refractivity (Wildman–Crippen MR) is 107 cm³/mol. The summed E-state index contributed by atoms with van der Waals surface area (Å²) in [5.41, 5.74) is 6.90. The summed E-state index contributed by atoms with van der Waals surface area (Å²) >= 11 is 0. The zero-order valence-electron chi connectivity index (χ0n) is 16.3. The highest BCUT2D eigenvalue weighted by molar-refractivity contribution is 5.92. The lowest BCUT2D eigenvalue weighted by molar-refractivity contribution is -0.142. The quantitative estimate of drug-likeness (QED) is 0.237. The van der Waals surface area contributed by atoms with Gasteiger partial charge in [-0.15, -0.1) is 0 Å². The minimum atomic E-state index is -1.21. The highest BCUT2D eigenvalue weighted by atomic mass is 16.4. The molecule has 0 spiro atoms. The van der Waals surface area contributed by atoms with Crippen molar-refractivity contribution < 1.29 is 29.4 Å². The summed E-state index contributed by atoms with van der Waals surface area (Å²) in [6.45, 7) is 0.375. The normalized spacial score (nSPS) is 13.8. The van der Waals surface area contributed by atoms with Crippen molar-refractivity contribution in [2.75, 3.05) is 13.2 Å². The lowest BCUT2D eigenvalue weighted by Crippen LogP contribution is -2.53. The van der Waals surface area contributed by atoms with Crippen LogP contribution in [0.2, 0.25) is 0 Å². The summed E-state index contributed by atoms with van der Waals surface area (Å²) in [5, 5.41) is 26.1. The Morgan fingerprint density at radius 1 is 1.13 bits per heavy atom. The molecule has 30 heavy (non-hydrogen) atoms. The first kappa shape index (κ1) is 22.8. The summed E-state index contributed by atoms with van der Waals surface area (Å²) in [6.07, 6.45) is 1.75. The average Bonchev–Trinajstić information content (AvgIpc) is 3.13. The van der Waals surface area contributed by atoms with Gasteiger partial charge in [-0.2, -0.15) is 0 Å². The fourth-order valence-corrected chi connectivity index (χ4v) is 2.76. The highest BCUT2D eigenvalue weighted by Gasteiger charge is 2.25. The van der Waals surface area contributed by atoms with Crippen LogP contribution in [-0.2, 0) is 25.6 Å². The van der Waals surface area contributed by atoms with E-state index in [2.05, 4.69) is 20.9 Å². The fourth-order valence-electron chi connectivity index (χ4n) is 2.76.